The number of furan rings is 1. The van der Waals surface area contributed by atoms with Crippen molar-refractivity contribution in [2.45, 2.75) is 45.8 Å². The summed E-state index contributed by atoms with van der Waals surface area (Å²) in [6.45, 7) is 5.10. The SMILES string of the molecule is CCC(C)N(CC(=O)N(CCc1ccc(OC)c(OC)c1)Cc1ccco1)C(=O)NCc1ccccc1. The number of carbonyl (C=O) groups is 2. The number of ether oxygens (including phenoxy) is 2. The summed E-state index contributed by atoms with van der Waals surface area (Å²) in [6.07, 6.45) is 2.93. The number of rotatable bonds is 13. The highest BCUT2D eigenvalue weighted by Gasteiger charge is 2.25. The van der Waals surface area contributed by atoms with Gasteiger partial charge in [0.2, 0.25) is 5.91 Å². The van der Waals surface area contributed by atoms with E-state index in [0.717, 1.165) is 17.5 Å². The molecule has 3 rings (SSSR count). The average molecular weight is 508 g/mol. The van der Waals surface area contributed by atoms with Crippen molar-refractivity contribution in [1.29, 1.82) is 0 Å². The van der Waals surface area contributed by atoms with Crippen LogP contribution in [0.4, 0.5) is 4.79 Å². The third-order valence-corrected chi connectivity index (χ3v) is 6.37. The number of nitrogens with zero attached hydrogens (tertiary/aromatic N) is 2. The van der Waals surface area contributed by atoms with Crippen LogP contribution >= 0.6 is 0 Å². The van der Waals surface area contributed by atoms with Gasteiger partial charge in [0.15, 0.2) is 11.5 Å². The van der Waals surface area contributed by atoms with Crippen LogP contribution in [0.2, 0.25) is 0 Å². The van der Waals surface area contributed by atoms with E-state index in [-0.39, 0.29) is 24.5 Å². The molecular weight excluding hydrogens is 470 g/mol. The van der Waals surface area contributed by atoms with Gasteiger partial charge in [-0.25, -0.2) is 4.79 Å². The van der Waals surface area contributed by atoms with E-state index >= 15 is 0 Å². The Hall–Kier alpha value is -3.94. The molecule has 0 aliphatic rings. The molecule has 8 heteroatoms. The second kappa shape index (κ2) is 14.0. The Morgan fingerprint density at radius 3 is 2.38 bits per heavy atom. The van der Waals surface area contributed by atoms with Gasteiger partial charge in [-0.15, -0.1) is 0 Å². The first-order valence-electron chi connectivity index (χ1n) is 12.5. The first kappa shape index (κ1) is 27.6. The number of hydrogen-bond acceptors (Lipinski definition) is 5. The van der Waals surface area contributed by atoms with Crippen molar-refractivity contribution in [3.63, 3.8) is 0 Å². The van der Waals surface area contributed by atoms with Gasteiger partial charge in [-0.2, -0.15) is 0 Å². The van der Waals surface area contributed by atoms with Crippen LogP contribution in [0, 0.1) is 0 Å². The number of hydrogen-bond donors (Lipinski definition) is 1. The molecule has 0 spiro atoms. The molecule has 3 amide bonds. The fourth-order valence-corrected chi connectivity index (χ4v) is 3.95. The van der Waals surface area contributed by atoms with Gasteiger partial charge in [-0.1, -0.05) is 43.3 Å². The molecule has 1 heterocycles. The maximum atomic E-state index is 13.5. The standard InChI is InChI=1S/C29H37N3O5/c1-5-22(2)32(29(34)30-19-24-10-7-6-8-11-24)21-28(33)31(20-25-12-9-17-37-25)16-15-23-13-14-26(35-3)27(18-23)36-4/h6-14,17-18,22H,5,15-16,19-21H2,1-4H3,(H,30,34). The fourth-order valence-electron chi connectivity index (χ4n) is 3.95. The molecule has 1 aromatic heterocycles. The van der Waals surface area contributed by atoms with Gasteiger partial charge in [0.1, 0.15) is 12.3 Å². The molecule has 1 unspecified atom stereocenters. The maximum Gasteiger partial charge on any atom is 0.318 e. The number of nitrogens with one attached hydrogen (secondary N) is 1. The monoisotopic (exact) mass is 507 g/mol. The molecule has 37 heavy (non-hydrogen) atoms. The van der Waals surface area contributed by atoms with E-state index in [9.17, 15) is 9.59 Å². The summed E-state index contributed by atoms with van der Waals surface area (Å²) in [5.41, 5.74) is 2.01. The predicted octanol–water partition coefficient (Wildman–Crippen LogP) is 4.88. The van der Waals surface area contributed by atoms with Crippen LogP contribution in [0.3, 0.4) is 0 Å². The Labute approximate surface area is 219 Å². The molecule has 0 aliphatic carbocycles. The molecule has 0 radical (unpaired) electrons. The van der Waals surface area contributed by atoms with Crippen molar-refractivity contribution in [3.05, 3.63) is 83.8 Å². The summed E-state index contributed by atoms with van der Waals surface area (Å²) >= 11 is 0. The van der Waals surface area contributed by atoms with Crippen molar-refractivity contribution in [3.8, 4) is 11.5 Å². The lowest BCUT2D eigenvalue weighted by molar-refractivity contribution is -0.133. The summed E-state index contributed by atoms with van der Waals surface area (Å²) in [7, 11) is 3.20. The van der Waals surface area contributed by atoms with Crippen molar-refractivity contribution in [2.75, 3.05) is 27.3 Å². The third kappa shape index (κ3) is 8.03. The number of amides is 3. The van der Waals surface area contributed by atoms with Gasteiger partial charge < -0.3 is 29.0 Å². The first-order valence-corrected chi connectivity index (χ1v) is 12.5. The molecular formula is C29H37N3O5. The Morgan fingerprint density at radius 2 is 1.73 bits per heavy atom. The van der Waals surface area contributed by atoms with Gasteiger partial charge in [-0.3, -0.25) is 4.79 Å². The maximum absolute atomic E-state index is 13.5. The summed E-state index contributed by atoms with van der Waals surface area (Å²) < 4.78 is 16.3. The largest absolute Gasteiger partial charge is 0.493 e. The molecule has 0 aliphatic heterocycles. The van der Waals surface area contributed by atoms with Gasteiger partial charge >= 0.3 is 6.03 Å². The van der Waals surface area contributed by atoms with E-state index in [1.807, 2.05) is 68.4 Å². The molecule has 1 atom stereocenters. The zero-order chi connectivity index (χ0) is 26.6. The van der Waals surface area contributed by atoms with Gasteiger partial charge in [-0.05, 0) is 55.2 Å². The minimum Gasteiger partial charge on any atom is -0.493 e. The Kier molecular flexibility index (Phi) is 10.4. The van der Waals surface area contributed by atoms with Gasteiger partial charge in [0, 0.05) is 19.1 Å². The zero-order valence-electron chi connectivity index (χ0n) is 22.1. The first-order chi connectivity index (χ1) is 17.9. The highest BCUT2D eigenvalue weighted by atomic mass is 16.5. The Bertz CT molecular complexity index is 1120. The molecule has 8 nitrogen and oxygen atoms in total. The van der Waals surface area contributed by atoms with Gasteiger partial charge in [0.25, 0.3) is 0 Å². The van der Waals surface area contributed by atoms with E-state index in [0.29, 0.717) is 43.3 Å². The van der Waals surface area contributed by atoms with Gasteiger partial charge in [0.05, 0.1) is 27.0 Å². The zero-order valence-corrected chi connectivity index (χ0v) is 22.1. The Balaban J connectivity index is 1.71. The van der Waals surface area contributed by atoms with Crippen LogP contribution in [0.5, 0.6) is 11.5 Å². The lowest BCUT2D eigenvalue weighted by Crippen LogP contribution is -2.50. The van der Waals surface area contributed by atoms with E-state index in [4.69, 9.17) is 13.9 Å². The van der Waals surface area contributed by atoms with Crippen molar-refractivity contribution >= 4 is 11.9 Å². The molecule has 0 bridgehead atoms. The normalized spacial score (nSPS) is 11.5. The summed E-state index contributed by atoms with van der Waals surface area (Å²) in [5, 5.41) is 2.96. The summed E-state index contributed by atoms with van der Waals surface area (Å²) in [6, 6.07) is 18.7. The fraction of sp³-hybridized carbons (Fsp3) is 0.379. The highest BCUT2D eigenvalue weighted by molar-refractivity contribution is 5.84. The molecule has 3 aromatic rings. The third-order valence-electron chi connectivity index (χ3n) is 6.37. The topological polar surface area (TPSA) is 84.2 Å². The van der Waals surface area contributed by atoms with Crippen LogP contribution in [0.25, 0.3) is 0 Å². The minimum absolute atomic E-state index is 0.0255. The van der Waals surface area contributed by atoms with Crippen molar-refractivity contribution in [1.82, 2.24) is 15.1 Å². The van der Waals surface area contributed by atoms with Crippen molar-refractivity contribution < 1.29 is 23.5 Å². The molecule has 2 aromatic carbocycles. The van der Waals surface area contributed by atoms with Crippen molar-refractivity contribution in [2.24, 2.45) is 0 Å². The highest BCUT2D eigenvalue weighted by Crippen LogP contribution is 2.27. The number of methoxy groups -OCH3 is 2. The number of benzene rings is 2. The molecule has 198 valence electrons. The quantitative estimate of drug-likeness (QED) is 0.357. The van der Waals surface area contributed by atoms with E-state index in [1.54, 1.807) is 36.3 Å². The Morgan fingerprint density at radius 1 is 0.973 bits per heavy atom. The van der Waals surface area contributed by atoms with Crippen LogP contribution in [-0.4, -0.2) is 55.1 Å². The molecule has 0 fully saturated rings. The van der Waals surface area contributed by atoms with E-state index in [1.165, 1.54) is 0 Å². The van der Waals surface area contributed by atoms with Crippen LogP contribution in [0.15, 0.2) is 71.3 Å². The number of urea groups is 1. The number of carbonyl (C=O) groups excluding carboxylic acids is 2. The van der Waals surface area contributed by atoms with Crippen LogP contribution < -0.4 is 14.8 Å². The smallest absolute Gasteiger partial charge is 0.318 e. The predicted molar refractivity (Wildman–Crippen MR) is 143 cm³/mol. The molecule has 0 saturated carbocycles. The summed E-state index contributed by atoms with van der Waals surface area (Å²) in [4.78, 5) is 30.0. The summed E-state index contributed by atoms with van der Waals surface area (Å²) in [5.74, 6) is 1.83. The molecule has 0 saturated heterocycles. The lowest BCUT2D eigenvalue weighted by Gasteiger charge is -2.31. The minimum atomic E-state index is -0.260. The van der Waals surface area contributed by atoms with Crippen LogP contribution in [0.1, 0.15) is 37.2 Å². The second-order valence-corrected chi connectivity index (χ2v) is 8.86. The molecule has 1 N–H and O–H groups in total. The lowest BCUT2D eigenvalue weighted by atomic mass is 10.1. The van der Waals surface area contributed by atoms with E-state index < -0.39 is 0 Å². The van der Waals surface area contributed by atoms with Crippen LogP contribution in [-0.2, 0) is 24.3 Å². The van der Waals surface area contributed by atoms with E-state index in [2.05, 4.69) is 5.32 Å². The second-order valence-electron chi connectivity index (χ2n) is 8.86. The average Bonchev–Trinajstić information content (AvgIpc) is 3.45.